The van der Waals surface area contributed by atoms with Crippen molar-refractivity contribution < 1.29 is 57.4 Å². The van der Waals surface area contributed by atoms with Gasteiger partial charge >= 0.3 is 18.2 Å². The number of ether oxygens (including phenoxy) is 7. The molecule has 0 fully saturated rings. The molecule has 0 spiro atoms. The van der Waals surface area contributed by atoms with E-state index < -0.39 is 29.3 Å². The molecule has 412 valence electrons. The highest BCUT2D eigenvalue weighted by Gasteiger charge is 2.30. The molecule has 1 atom stereocenters. The molecule has 0 aromatic heterocycles. The molecule has 2 amide bonds. The Labute approximate surface area is 423 Å². The number of carbonyl (C=O) groups excluding carboxylic acids is 4. The van der Waals surface area contributed by atoms with Crippen LogP contribution in [-0.2, 0) is 42.7 Å². The van der Waals surface area contributed by atoms with Gasteiger partial charge in [-0.2, -0.15) is 0 Å². The normalized spacial score (nSPS) is 12.0. The first-order chi connectivity index (χ1) is 32.9. The topological polar surface area (TPSA) is 177 Å². The Kier molecular flexibility index (Phi) is 50.3. The smallest absolute Gasteiger partial charge is 0.407 e. The Balaban J connectivity index is -0.00000181. The molecule has 0 heterocycles. The molecule has 0 saturated carbocycles. The number of unbranched alkanes of at least 4 members (excludes halogenated alkanes) is 20. The first-order valence-corrected chi connectivity index (χ1v) is 27.2. The molecule has 3 N–H and O–H groups in total. The number of esters is 1. The van der Waals surface area contributed by atoms with Gasteiger partial charge in [-0.05, 0) is 46.5 Å². The van der Waals surface area contributed by atoms with E-state index in [9.17, 15) is 19.2 Å². The lowest BCUT2D eigenvalue weighted by Crippen LogP contribution is -2.36. The first-order valence-electron chi connectivity index (χ1n) is 27.2. The Hall–Kier alpha value is -2.52. The minimum absolute atomic E-state index is 0.00962. The monoisotopic (exact) mass is 991 g/mol. The quantitative estimate of drug-likeness (QED) is 0.0228. The predicted octanol–water partition coefficient (Wildman–Crippen LogP) is 12.7. The van der Waals surface area contributed by atoms with Crippen LogP contribution in [0.4, 0.5) is 9.59 Å². The van der Waals surface area contributed by atoms with Crippen LogP contribution in [0.25, 0.3) is 0 Å². The average Bonchev–Trinajstić information content (AvgIpc) is 3.32. The van der Waals surface area contributed by atoms with Crippen molar-refractivity contribution in [3.05, 3.63) is 0 Å². The summed E-state index contributed by atoms with van der Waals surface area (Å²) in [6.07, 6.45) is 30.3. The van der Waals surface area contributed by atoms with E-state index in [1.807, 2.05) is 41.5 Å². The van der Waals surface area contributed by atoms with Gasteiger partial charge in [0, 0.05) is 39.3 Å². The summed E-state index contributed by atoms with van der Waals surface area (Å²) in [7, 11) is 2.49. The highest BCUT2D eigenvalue weighted by atomic mass is 16.6. The number of amides is 2. The van der Waals surface area contributed by atoms with Crippen LogP contribution >= 0.6 is 0 Å². The van der Waals surface area contributed by atoms with E-state index >= 15 is 0 Å². The molecule has 0 aliphatic carbocycles. The maximum Gasteiger partial charge on any atom is 0.407 e. The zero-order chi connectivity index (χ0) is 52.5. The van der Waals surface area contributed by atoms with Crippen LogP contribution in [0.5, 0.6) is 0 Å². The molecule has 0 aromatic carbocycles. The number of aliphatic hydroxyl groups is 1. The van der Waals surface area contributed by atoms with E-state index in [4.69, 9.17) is 38.3 Å². The molecule has 0 saturated heterocycles. The summed E-state index contributed by atoms with van der Waals surface area (Å²) in [6.45, 7) is 22.8. The van der Waals surface area contributed by atoms with Gasteiger partial charge in [-0.3, -0.25) is 4.79 Å². The van der Waals surface area contributed by atoms with Crippen LogP contribution in [0.1, 0.15) is 223 Å². The second-order valence-corrected chi connectivity index (χ2v) is 20.7. The van der Waals surface area contributed by atoms with Gasteiger partial charge < -0.3 is 53.7 Å². The summed E-state index contributed by atoms with van der Waals surface area (Å²) in [5.41, 5.74) is -1.22. The molecule has 14 heteroatoms. The third-order valence-corrected chi connectivity index (χ3v) is 11.6. The fourth-order valence-corrected chi connectivity index (χ4v) is 6.90. The summed E-state index contributed by atoms with van der Waals surface area (Å²) in [5.74, 6) is 0.132. The van der Waals surface area contributed by atoms with Gasteiger partial charge in [0.15, 0.2) is 0 Å². The summed E-state index contributed by atoms with van der Waals surface area (Å²) in [5, 5.41) is 12.2. The van der Waals surface area contributed by atoms with E-state index in [0.717, 1.165) is 39.1 Å². The van der Waals surface area contributed by atoms with Crippen molar-refractivity contribution in [3.63, 3.8) is 0 Å². The van der Waals surface area contributed by atoms with Gasteiger partial charge in [-0.15, -0.1) is 0 Å². The summed E-state index contributed by atoms with van der Waals surface area (Å²) in [4.78, 5) is 47.3. The molecule has 1 unspecified atom stereocenters. The van der Waals surface area contributed by atoms with Crippen molar-refractivity contribution in [1.82, 2.24) is 10.6 Å². The number of hydrogen-bond donors (Lipinski definition) is 3. The highest BCUT2D eigenvalue weighted by molar-refractivity contribution is 5.75. The van der Waals surface area contributed by atoms with Gasteiger partial charge in [-0.25, -0.2) is 9.59 Å². The van der Waals surface area contributed by atoms with E-state index in [0.29, 0.717) is 38.9 Å². The Morgan fingerprint density at radius 3 is 1.33 bits per heavy atom. The molecule has 0 radical (unpaired) electrons. The number of methoxy groups -OCH3 is 1. The van der Waals surface area contributed by atoms with Crippen molar-refractivity contribution in [2.75, 3.05) is 80.2 Å². The number of hydrogen-bond acceptors (Lipinski definition) is 12. The summed E-state index contributed by atoms with van der Waals surface area (Å²) in [6, 6.07) is 0. The van der Waals surface area contributed by atoms with Crippen LogP contribution in [0, 0.1) is 16.7 Å². The van der Waals surface area contributed by atoms with Crippen molar-refractivity contribution in [1.29, 1.82) is 0 Å². The largest absolute Gasteiger partial charge is 0.462 e. The summed E-state index contributed by atoms with van der Waals surface area (Å²) < 4.78 is 37.9. The van der Waals surface area contributed by atoms with Crippen molar-refractivity contribution in [2.24, 2.45) is 16.7 Å². The molecule has 14 nitrogen and oxygen atoms in total. The van der Waals surface area contributed by atoms with Crippen molar-refractivity contribution >= 4 is 24.4 Å². The van der Waals surface area contributed by atoms with Crippen LogP contribution in [0.3, 0.4) is 0 Å². The minimum Gasteiger partial charge on any atom is -0.462 e. The van der Waals surface area contributed by atoms with Crippen molar-refractivity contribution in [2.45, 2.75) is 235 Å². The molecule has 0 aliphatic heterocycles. The molecular formula is C55H110N2O12. The van der Waals surface area contributed by atoms with Crippen LogP contribution in [0.2, 0.25) is 0 Å². The molecule has 0 aromatic rings. The van der Waals surface area contributed by atoms with Crippen LogP contribution in [-0.4, -0.2) is 121 Å². The van der Waals surface area contributed by atoms with Gasteiger partial charge in [-0.1, -0.05) is 183 Å². The number of carbonyl (C=O) groups is 4. The molecule has 0 bridgehead atoms. The third kappa shape index (κ3) is 51.6. The maximum absolute atomic E-state index is 12.7. The fraction of sp³-hybridized carbons (Fsp3) is 0.927. The lowest BCUT2D eigenvalue weighted by molar-refractivity contribution is -0.158. The van der Waals surface area contributed by atoms with E-state index in [2.05, 4.69) is 38.3 Å². The average molecular weight is 991 g/mol. The van der Waals surface area contributed by atoms with Crippen LogP contribution in [0.15, 0.2) is 0 Å². The molecule has 69 heavy (non-hydrogen) atoms. The zero-order valence-electron chi connectivity index (χ0n) is 46.7. The SMILES string of the molecule is CCCCCCCCCCCCCC(C)(C)C(=O)OCC(COC(=O)NCCOCCOCCNC(=O)OCC(C)(C)OCC(C)C)OC.CCCCCCCCCCCCCC(C)(C)C=O.CO. The van der Waals surface area contributed by atoms with Crippen LogP contribution < -0.4 is 10.6 Å². The van der Waals surface area contributed by atoms with Gasteiger partial charge in [0.1, 0.15) is 32.2 Å². The molecule has 0 rings (SSSR count). The zero-order valence-corrected chi connectivity index (χ0v) is 46.7. The molecule has 0 aliphatic rings. The first kappa shape index (κ1) is 70.7. The number of nitrogens with one attached hydrogen (secondary N) is 2. The fourth-order valence-electron chi connectivity index (χ4n) is 6.90. The third-order valence-electron chi connectivity index (χ3n) is 11.6. The van der Waals surface area contributed by atoms with E-state index in [1.54, 1.807) is 0 Å². The minimum atomic E-state index is -0.613. The summed E-state index contributed by atoms with van der Waals surface area (Å²) >= 11 is 0. The number of aldehydes is 1. The van der Waals surface area contributed by atoms with Gasteiger partial charge in [0.25, 0.3) is 0 Å². The molecular weight excluding hydrogens is 881 g/mol. The lowest BCUT2D eigenvalue weighted by atomic mass is 9.87. The number of alkyl carbamates (subject to hydrolysis) is 2. The van der Waals surface area contributed by atoms with Gasteiger partial charge in [0.05, 0.1) is 37.4 Å². The van der Waals surface area contributed by atoms with E-state index in [-0.39, 0.29) is 44.4 Å². The Bertz CT molecular complexity index is 1170. The van der Waals surface area contributed by atoms with E-state index in [1.165, 1.54) is 136 Å². The maximum atomic E-state index is 12.7. The predicted molar refractivity (Wildman–Crippen MR) is 281 cm³/mol. The second kappa shape index (κ2) is 49.1. The Morgan fingerprint density at radius 1 is 0.536 bits per heavy atom. The second-order valence-electron chi connectivity index (χ2n) is 20.7. The Morgan fingerprint density at radius 2 is 0.928 bits per heavy atom. The lowest BCUT2D eigenvalue weighted by Gasteiger charge is -2.25. The standard InChI is InChI=1S/C37H72N2O10.C17H34O.CH4O/c1-9-10-11-12-13-14-15-16-17-18-19-20-36(4,5)33(40)46-28-32(43-8)29-47-34(41)38-21-23-44-25-26-45-24-22-39-35(42)48-30-37(6,7)49-27-31(2)3;1-4-5-6-7-8-9-10-11-12-13-14-15-17(2,3)16-18;1-2/h31-32H,9-30H2,1-8H3,(H,38,41)(H,39,42);16H,4-15H2,1-3H3;2H,1H3. The van der Waals surface area contributed by atoms with Gasteiger partial charge in [0.2, 0.25) is 0 Å². The number of rotatable bonds is 45. The highest BCUT2D eigenvalue weighted by Crippen LogP contribution is 2.26. The number of aliphatic hydroxyl groups excluding tert-OH is 1. The van der Waals surface area contributed by atoms with Crippen molar-refractivity contribution in [3.8, 4) is 0 Å².